The summed E-state index contributed by atoms with van der Waals surface area (Å²) < 4.78 is 0. The van der Waals surface area contributed by atoms with E-state index in [0.717, 1.165) is 0 Å². The predicted octanol–water partition coefficient (Wildman–Crippen LogP) is -0.270. The van der Waals surface area contributed by atoms with E-state index in [9.17, 15) is 4.79 Å². The number of rotatable bonds is 3. The van der Waals surface area contributed by atoms with E-state index in [1.54, 1.807) is 0 Å². The number of H-pyrrole nitrogens is 1. The largest absolute Gasteiger partial charge is 0.349 e. The molecule has 0 radical (unpaired) electrons. The molecule has 1 heterocycles. The first kappa shape index (κ1) is 8.15. The zero-order chi connectivity index (χ0) is 9.31. The molecule has 13 heavy (non-hydrogen) atoms. The first-order valence-corrected chi connectivity index (χ1v) is 4.21. The smallest absolute Gasteiger partial charge is 0.292 e. The molecule has 1 aromatic rings. The van der Waals surface area contributed by atoms with E-state index in [2.05, 4.69) is 32.9 Å². The molecule has 1 amide bonds. The summed E-state index contributed by atoms with van der Waals surface area (Å²) in [5.74, 6) is -0.161. The summed E-state index contributed by atoms with van der Waals surface area (Å²) in [4.78, 5) is 11.3. The molecular weight excluding hydrogens is 170 g/mol. The number of carbonyl (C=O) groups is 1. The van der Waals surface area contributed by atoms with Gasteiger partial charge in [-0.15, -0.1) is 10.2 Å². The van der Waals surface area contributed by atoms with Crippen molar-refractivity contribution in [3.8, 4) is 0 Å². The number of aromatic amines is 1. The summed E-state index contributed by atoms with van der Waals surface area (Å²) in [6.07, 6.45) is 2.36. The maximum Gasteiger partial charge on any atom is 0.292 e. The summed E-state index contributed by atoms with van der Waals surface area (Å²) in [5.41, 5.74) is 0.305. The van der Waals surface area contributed by atoms with Crippen LogP contribution in [0.4, 0.5) is 0 Å². The van der Waals surface area contributed by atoms with E-state index in [-0.39, 0.29) is 11.7 Å². The van der Waals surface area contributed by atoms with Gasteiger partial charge in [-0.05, 0) is 23.5 Å². The van der Waals surface area contributed by atoms with Gasteiger partial charge < -0.3 is 5.32 Å². The molecule has 2 N–H and O–H groups in total. The fraction of sp³-hybridized carbons (Fsp3) is 0.714. The van der Waals surface area contributed by atoms with Crippen molar-refractivity contribution >= 4 is 5.91 Å². The van der Waals surface area contributed by atoms with Gasteiger partial charge in [0.15, 0.2) is 0 Å². The molecule has 0 spiro atoms. The lowest BCUT2D eigenvalue weighted by Crippen LogP contribution is -2.29. The van der Waals surface area contributed by atoms with Crippen molar-refractivity contribution in [2.75, 3.05) is 6.54 Å². The average molecular weight is 181 g/mol. The number of tetrazole rings is 1. The molecule has 1 aromatic heterocycles. The Morgan fingerprint density at radius 1 is 1.69 bits per heavy atom. The first-order chi connectivity index (χ1) is 6.20. The monoisotopic (exact) mass is 181 g/mol. The molecule has 70 valence electrons. The predicted molar refractivity (Wildman–Crippen MR) is 43.9 cm³/mol. The average Bonchev–Trinajstić information content (AvgIpc) is 2.69. The second-order valence-electron chi connectivity index (χ2n) is 3.73. The van der Waals surface area contributed by atoms with Gasteiger partial charge >= 0.3 is 0 Å². The normalized spacial score (nSPS) is 18.2. The Morgan fingerprint density at radius 3 is 3.00 bits per heavy atom. The third-order valence-corrected chi connectivity index (χ3v) is 2.33. The van der Waals surface area contributed by atoms with Crippen LogP contribution in [0.3, 0.4) is 0 Å². The lowest BCUT2D eigenvalue weighted by atomic mass is 10.1. The van der Waals surface area contributed by atoms with E-state index in [4.69, 9.17) is 0 Å². The van der Waals surface area contributed by atoms with Crippen LogP contribution in [0, 0.1) is 5.41 Å². The fourth-order valence-corrected chi connectivity index (χ4v) is 1.02. The van der Waals surface area contributed by atoms with Crippen molar-refractivity contribution in [3.63, 3.8) is 0 Å². The highest BCUT2D eigenvalue weighted by Gasteiger charge is 2.37. The molecule has 2 rings (SSSR count). The summed E-state index contributed by atoms with van der Waals surface area (Å²) >= 11 is 0. The van der Waals surface area contributed by atoms with E-state index in [0.29, 0.717) is 12.0 Å². The Hall–Kier alpha value is -1.46. The Morgan fingerprint density at radius 2 is 2.46 bits per heavy atom. The first-order valence-electron chi connectivity index (χ1n) is 4.21. The highest BCUT2D eigenvalue weighted by Crippen LogP contribution is 2.43. The number of nitrogens with zero attached hydrogens (tertiary/aromatic N) is 3. The van der Waals surface area contributed by atoms with Crippen molar-refractivity contribution in [3.05, 3.63) is 5.82 Å². The maximum absolute atomic E-state index is 11.3. The molecule has 1 aliphatic rings. The van der Waals surface area contributed by atoms with Crippen molar-refractivity contribution in [2.24, 2.45) is 5.41 Å². The minimum Gasteiger partial charge on any atom is -0.349 e. The Bertz CT molecular complexity index is 303. The minimum atomic E-state index is -0.262. The van der Waals surface area contributed by atoms with E-state index in [1.165, 1.54) is 12.8 Å². The van der Waals surface area contributed by atoms with Gasteiger partial charge in [-0.2, -0.15) is 5.21 Å². The molecule has 0 atom stereocenters. The van der Waals surface area contributed by atoms with Crippen LogP contribution in [0.1, 0.15) is 30.4 Å². The lowest BCUT2D eigenvalue weighted by molar-refractivity contribution is 0.0936. The molecular formula is C7H11N5O. The van der Waals surface area contributed by atoms with Crippen molar-refractivity contribution in [2.45, 2.75) is 19.8 Å². The van der Waals surface area contributed by atoms with Gasteiger partial charge in [0.1, 0.15) is 0 Å². The lowest BCUT2D eigenvalue weighted by Gasteiger charge is -2.07. The van der Waals surface area contributed by atoms with E-state index in [1.807, 2.05) is 0 Å². The second kappa shape index (κ2) is 2.79. The van der Waals surface area contributed by atoms with Gasteiger partial charge in [0.2, 0.25) is 0 Å². The Balaban J connectivity index is 1.85. The minimum absolute atomic E-state index is 0.101. The topological polar surface area (TPSA) is 83.6 Å². The van der Waals surface area contributed by atoms with E-state index >= 15 is 0 Å². The van der Waals surface area contributed by atoms with Gasteiger partial charge in [0.25, 0.3) is 11.7 Å². The second-order valence-corrected chi connectivity index (χ2v) is 3.73. The van der Waals surface area contributed by atoms with Crippen LogP contribution in [-0.2, 0) is 0 Å². The summed E-state index contributed by atoms with van der Waals surface area (Å²) in [6.45, 7) is 2.84. The van der Waals surface area contributed by atoms with Gasteiger partial charge in [0.05, 0.1) is 0 Å². The molecule has 0 bridgehead atoms. The van der Waals surface area contributed by atoms with Crippen LogP contribution >= 0.6 is 0 Å². The van der Waals surface area contributed by atoms with Crippen molar-refractivity contribution in [1.82, 2.24) is 25.9 Å². The van der Waals surface area contributed by atoms with Crippen LogP contribution in [0.5, 0.6) is 0 Å². The number of amides is 1. The number of hydrogen-bond donors (Lipinski definition) is 2. The zero-order valence-electron chi connectivity index (χ0n) is 7.37. The van der Waals surface area contributed by atoms with E-state index < -0.39 is 0 Å². The standard InChI is InChI=1S/C7H11N5O/c1-7(2-3-7)4-8-6(13)5-9-11-12-10-5/h2-4H2,1H3,(H,8,13)(H,9,10,11,12). The fourth-order valence-electron chi connectivity index (χ4n) is 1.02. The molecule has 6 nitrogen and oxygen atoms in total. The highest BCUT2D eigenvalue weighted by atomic mass is 16.2. The maximum atomic E-state index is 11.3. The van der Waals surface area contributed by atoms with Crippen molar-refractivity contribution < 1.29 is 4.79 Å². The number of hydrogen-bond acceptors (Lipinski definition) is 4. The number of aromatic nitrogens is 4. The summed E-state index contributed by atoms with van der Waals surface area (Å²) in [6, 6.07) is 0. The van der Waals surface area contributed by atoms with Crippen LogP contribution in [0.15, 0.2) is 0 Å². The molecule has 0 aliphatic heterocycles. The number of carbonyl (C=O) groups excluding carboxylic acids is 1. The molecule has 1 saturated carbocycles. The Labute approximate surface area is 75.1 Å². The van der Waals surface area contributed by atoms with Crippen LogP contribution in [0.2, 0.25) is 0 Å². The van der Waals surface area contributed by atoms with Gasteiger partial charge in [-0.25, -0.2) is 0 Å². The highest BCUT2D eigenvalue weighted by molar-refractivity contribution is 5.90. The number of nitrogens with one attached hydrogen (secondary N) is 2. The van der Waals surface area contributed by atoms with Gasteiger partial charge in [-0.3, -0.25) is 4.79 Å². The van der Waals surface area contributed by atoms with Crippen LogP contribution in [0.25, 0.3) is 0 Å². The van der Waals surface area contributed by atoms with Crippen LogP contribution < -0.4 is 5.32 Å². The van der Waals surface area contributed by atoms with Crippen LogP contribution in [-0.4, -0.2) is 33.1 Å². The summed E-state index contributed by atoms with van der Waals surface area (Å²) in [5, 5.41) is 15.5. The molecule has 6 heteroatoms. The quantitative estimate of drug-likeness (QED) is 0.672. The molecule has 0 unspecified atom stereocenters. The molecule has 0 saturated heterocycles. The molecule has 1 aliphatic carbocycles. The third-order valence-electron chi connectivity index (χ3n) is 2.33. The Kier molecular flexibility index (Phi) is 1.75. The third kappa shape index (κ3) is 1.82. The molecule has 0 aromatic carbocycles. The van der Waals surface area contributed by atoms with Gasteiger partial charge in [0, 0.05) is 6.54 Å². The summed E-state index contributed by atoms with van der Waals surface area (Å²) in [7, 11) is 0. The zero-order valence-corrected chi connectivity index (χ0v) is 7.37. The van der Waals surface area contributed by atoms with Crippen molar-refractivity contribution in [1.29, 1.82) is 0 Å². The van der Waals surface area contributed by atoms with Gasteiger partial charge in [-0.1, -0.05) is 6.92 Å². The SMILES string of the molecule is CC1(CNC(=O)c2nn[nH]n2)CC1. The molecule has 1 fully saturated rings.